The van der Waals surface area contributed by atoms with Crippen LogP contribution in [-0.2, 0) is 19.9 Å². The molecule has 0 unspecified atom stereocenters. The van der Waals surface area contributed by atoms with E-state index < -0.39 is 18.3 Å². The summed E-state index contributed by atoms with van der Waals surface area (Å²) < 4.78 is 40.9. The van der Waals surface area contributed by atoms with Crippen LogP contribution in [0.4, 0.5) is 19.1 Å². The zero-order valence-electron chi connectivity index (χ0n) is 20.1. The lowest BCUT2D eigenvalue weighted by atomic mass is 9.76. The minimum atomic E-state index is -4.27. The first kappa shape index (κ1) is 25.0. The fourth-order valence-electron chi connectivity index (χ4n) is 5.09. The number of nitrogens with one attached hydrogen (secondary N) is 3. The van der Waals surface area contributed by atoms with Crippen LogP contribution < -0.4 is 10.6 Å². The zero-order chi connectivity index (χ0) is 25.3. The van der Waals surface area contributed by atoms with Gasteiger partial charge in [0, 0.05) is 36.1 Å². The molecule has 0 bridgehead atoms. The van der Waals surface area contributed by atoms with Crippen molar-refractivity contribution < 1.29 is 13.2 Å². The van der Waals surface area contributed by atoms with Crippen LogP contribution in [-0.4, -0.2) is 54.2 Å². The maximum atomic E-state index is 13.0. The molecule has 5 rings (SSSR count). The SMILES string of the molecule is Cn1ncc(-c2nc(NC3CCC(Cc4cn[nH]c4)(NCC(F)(F)F)CC3)ncc2Cl)c1CC1CC1. The number of alkyl halides is 3. The first-order chi connectivity index (χ1) is 17.2. The van der Waals surface area contributed by atoms with E-state index in [0.29, 0.717) is 54.7 Å². The number of aryl methyl sites for hydroxylation is 1. The number of hydrogen-bond donors (Lipinski definition) is 3. The predicted molar refractivity (Wildman–Crippen MR) is 131 cm³/mol. The van der Waals surface area contributed by atoms with Crippen molar-refractivity contribution in [3.8, 4) is 11.3 Å². The van der Waals surface area contributed by atoms with Gasteiger partial charge in [-0.15, -0.1) is 0 Å². The first-order valence-electron chi connectivity index (χ1n) is 12.3. The number of halogens is 4. The Bertz CT molecular complexity index is 1160. The van der Waals surface area contributed by atoms with Gasteiger partial charge >= 0.3 is 6.18 Å². The van der Waals surface area contributed by atoms with Gasteiger partial charge in [0.15, 0.2) is 0 Å². The molecule has 0 amide bonds. The molecular weight excluding hydrogens is 493 g/mol. The fourth-order valence-corrected chi connectivity index (χ4v) is 5.28. The number of aromatic amines is 1. The van der Waals surface area contributed by atoms with Crippen LogP contribution in [0.15, 0.2) is 24.8 Å². The molecule has 0 aromatic carbocycles. The van der Waals surface area contributed by atoms with E-state index in [1.807, 2.05) is 11.7 Å². The molecule has 0 radical (unpaired) electrons. The Balaban J connectivity index is 1.28. The molecule has 0 saturated heterocycles. The summed E-state index contributed by atoms with van der Waals surface area (Å²) in [6, 6.07) is 0.0454. The molecule has 12 heteroatoms. The third-order valence-corrected chi connectivity index (χ3v) is 7.55. The van der Waals surface area contributed by atoms with Gasteiger partial charge in [-0.05, 0) is 62.8 Å². The van der Waals surface area contributed by atoms with E-state index in [2.05, 4.69) is 30.9 Å². The second-order valence-corrected chi connectivity index (χ2v) is 10.5. The van der Waals surface area contributed by atoms with Gasteiger partial charge in [0.2, 0.25) is 5.95 Å². The molecule has 3 aromatic heterocycles. The number of H-pyrrole nitrogens is 1. The summed E-state index contributed by atoms with van der Waals surface area (Å²) >= 11 is 6.49. The van der Waals surface area contributed by atoms with E-state index in [-0.39, 0.29) is 6.04 Å². The minimum absolute atomic E-state index is 0.0454. The molecular formula is C24H30ClF3N8. The highest BCUT2D eigenvalue weighted by Gasteiger charge is 2.39. The third-order valence-electron chi connectivity index (χ3n) is 7.28. The highest BCUT2D eigenvalue weighted by Crippen LogP contribution is 2.37. The largest absolute Gasteiger partial charge is 0.401 e. The van der Waals surface area contributed by atoms with Crippen LogP contribution in [0.2, 0.25) is 5.02 Å². The Morgan fingerprint density at radius 2 is 1.94 bits per heavy atom. The number of hydrogen-bond acceptors (Lipinski definition) is 6. The lowest BCUT2D eigenvalue weighted by Crippen LogP contribution is -2.53. The molecule has 2 aliphatic rings. The number of aromatic nitrogens is 6. The Kier molecular flexibility index (Phi) is 6.95. The Hall–Kier alpha value is -2.66. The molecule has 3 heterocycles. The van der Waals surface area contributed by atoms with E-state index in [0.717, 1.165) is 23.2 Å². The minimum Gasteiger partial charge on any atom is -0.351 e. The van der Waals surface area contributed by atoms with Crippen LogP contribution in [0, 0.1) is 5.92 Å². The van der Waals surface area contributed by atoms with Gasteiger partial charge in [-0.3, -0.25) is 9.78 Å². The summed E-state index contributed by atoms with van der Waals surface area (Å²) in [5, 5.41) is 17.8. The summed E-state index contributed by atoms with van der Waals surface area (Å²) in [6.07, 6.45) is 8.96. The van der Waals surface area contributed by atoms with Crippen LogP contribution in [0.1, 0.15) is 49.8 Å². The molecule has 2 aliphatic carbocycles. The molecule has 3 aromatic rings. The fraction of sp³-hybridized carbons (Fsp3) is 0.583. The van der Waals surface area contributed by atoms with Crippen molar-refractivity contribution in [3.05, 3.63) is 41.1 Å². The summed E-state index contributed by atoms with van der Waals surface area (Å²) in [6.45, 7) is -1.01. The van der Waals surface area contributed by atoms with Gasteiger partial charge < -0.3 is 10.6 Å². The smallest absolute Gasteiger partial charge is 0.351 e. The lowest BCUT2D eigenvalue weighted by Gasteiger charge is -2.41. The van der Waals surface area contributed by atoms with E-state index in [9.17, 15) is 13.2 Å². The first-order valence-corrected chi connectivity index (χ1v) is 12.7. The second kappa shape index (κ2) is 10.0. The number of anilines is 1. The molecule has 2 saturated carbocycles. The van der Waals surface area contributed by atoms with Crippen molar-refractivity contribution in [2.75, 3.05) is 11.9 Å². The maximum Gasteiger partial charge on any atom is 0.401 e. The zero-order valence-corrected chi connectivity index (χ0v) is 20.8. The summed E-state index contributed by atoms with van der Waals surface area (Å²) in [7, 11) is 1.93. The monoisotopic (exact) mass is 522 g/mol. The molecule has 194 valence electrons. The molecule has 8 nitrogen and oxygen atoms in total. The highest BCUT2D eigenvalue weighted by molar-refractivity contribution is 6.32. The quantitative estimate of drug-likeness (QED) is 0.377. The van der Waals surface area contributed by atoms with E-state index in [1.165, 1.54) is 12.8 Å². The van der Waals surface area contributed by atoms with E-state index in [4.69, 9.17) is 16.6 Å². The van der Waals surface area contributed by atoms with Crippen LogP contribution >= 0.6 is 11.6 Å². The Morgan fingerprint density at radius 1 is 1.17 bits per heavy atom. The van der Waals surface area contributed by atoms with E-state index in [1.54, 1.807) is 24.8 Å². The molecule has 2 fully saturated rings. The van der Waals surface area contributed by atoms with Gasteiger partial charge in [-0.2, -0.15) is 23.4 Å². The summed E-state index contributed by atoms with van der Waals surface area (Å²) in [4.78, 5) is 9.10. The van der Waals surface area contributed by atoms with Gasteiger partial charge in [0.05, 0.1) is 35.9 Å². The van der Waals surface area contributed by atoms with Crippen LogP contribution in [0.3, 0.4) is 0 Å². The topological polar surface area (TPSA) is 96.3 Å². The average Bonchev–Trinajstić information content (AvgIpc) is 3.39. The van der Waals surface area contributed by atoms with Crippen LogP contribution in [0.5, 0.6) is 0 Å². The molecule has 36 heavy (non-hydrogen) atoms. The van der Waals surface area contributed by atoms with Gasteiger partial charge in [-0.1, -0.05) is 11.6 Å². The highest BCUT2D eigenvalue weighted by atomic mass is 35.5. The average molecular weight is 523 g/mol. The van der Waals surface area contributed by atoms with E-state index >= 15 is 0 Å². The van der Waals surface area contributed by atoms with Crippen molar-refractivity contribution in [1.82, 2.24) is 35.3 Å². The van der Waals surface area contributed by atoms with Crippen molar-refractivity contribution in [1.29, 1.82) is 0 Å². The van der Waals surface area contributed by atoms with Crippen molar-refractivity contribution in [3.63, 3.8) is 0 Å². The molecule has 0 atom stereocenters. The van der Waals surface area contributed by atoms with Gasteiger partial charge in [-0.25, -0.2) is 9.97 Å². The van der Waals surface area contributed by atoms with Gasteiger partial charge in [0.1, 0.15) is 0 Å². The second-order valence-electron chi connectivity index (χ2n) is 10.1. The normalized spacial score (nSPS) is 22.6. The molecule has 3 N–H and O–H groups in total. The summed E-state index contributed by atoms with van der Waals surface area (Å²) in [5.41, 5.74) is 2.92. The van der Waals surface area contributed by atoms with Crippen molar-refractivity contribution in [2.24, 2.45) is 13.0 Å². The Morgan fingerprint density at radius 3 is 2.61 bits per heavy atom. The predicted octanol–water partition coefficient (Wildman–Crippen LogP) is 4.69. The number of rotatable bonds is 9. The number of nitrogens with zero attached hydrogens (tertiary/aromatic N) is 5. The molecule has 0 aliphatic heterocycles. The third kappa shape index (κ3) is 6.00. The van der Waals surface area contributed by atoms with Crippen LogP contribution in [0.25, 0.3) is 11.3 Å². The lowest BCUT2D eigenvalue weighted by molar-refractivity contribution is -0.129. The summed E-state index contributed by atoms with van der Waals surface area (Å²) in [5.74, 6) is 1.15. The standard InChI is InChI=1S/C24H30ClF3N8/c1-36-20(8-15-2-3-15)18(12-33-36)21-19(25)13-29-22(35-21)34-17-4-6-23(7-5-17,30-14-24(26,27)28)9-16-10-31-32-11-16/h10-13,15,17,30H,2-9,14H2,1H3,(H,31,32)(H,29,34,35). The maximum absolute atomic E-state index is 13.0. The Labute approximate surface area is 212 Å². The van der Waals surface area contributed by atoms with Gasteiger partial charge in [0.25, 0.3) is 0 Å². The van der Waals surface area contributed by atoms with Crippen molar-refractivity contribution >= 4 is 17.5 Å². The van der Waals surface area contributed by atoms with Crippen molar-refractivity contribution in [2.45, 2.75) is 69.1 Å². The molecule has 0 spiro atoms.